The number of nitrogens with one attached hydrogen (secondary N) is 1. The van der Waals surface area contributed by atoms with Gasteiger partial charge in [0.05, 0.1) is 34.4 Å². The Bertz CT molecular complexity index is 781. The molecule has 1 aromatic heterocycles. The molecule has 1 aliphatic rings. The Morgan fingerprint density at radius 2 is 2.20 bits per heavy atom. The number of rotatable bonds is 4. The lowest BCUT2D eigenvalue weighted by atomic mass is 10.0. The fraction of sp³-hybridized carbons (Fsp3) is 0.500. The minimum absolute atomic E-state index is 0.151. The number of fused-ring (bicyclic) bond motifs is 1. The highest BCUT2D eigenvalue weighted by molar-refractivity contribution is 6.88. The summed E-state index contributed by atoms with van der Waals surface area (Å²) < 4.78 is 10.9. The first-order valence-electron chi connectivity index (χ1n) is 8.57. The van der Waals surface area contributed by atoms with Gasteiger partial charge in [-0.05, 0) is 24.1 Å². The van der Waals surface area contributed by atoms with Gasteiger partial charge in [0.1, 0.15) is 5.75 Å². The van der Waals surface area contributed by atoms with Gasteiger partial charge in [0.2, 0.25) is 0 Å². The normalized spacial score (nSPS) is 18.6. The minimum atomic E-state index is -1.63. The van der Waals surface area contributed by atoms with E-state index in [9.17, 15) is 9.90 Å². The molecule has 1 fully saturated rings. The zero-order valence-electron chi connectivity index (χ0n) is 15.3. The second-order valence-corrected chi connectivity index (χ2v) is 12.5. The average Bonchev–Trinajstić information content (AvgIpc) is 2.93. The van der Waals surface area contributed by atoms with E-state index in [1.807, 2.05) is 12.1 Å². The molecule has 1 aliphatic heterocycles. The summed E-state index contributed by atoms with van der Waals surface area (Å²) >= 11 is 0. The second kappa shape index (κ2) is 6.72. The van der Waals surface area contributed by atoms with E-state index in [4.69, 9.17) is 9.47 Å². The van der Waals surface area contributed by atoms with Crippen LogP contribution in [0, 0.1) is 0 Å². The van der Waals surface area contributed by atoms with Gasteiger partial charge in [0.15, 0.2) is 0 Å². The summed E-state index contributed by atoms with van der Waals surface area (Å²) in [5, 5.41) is 11.9. The summed E-state index contributed by atoms with van der Waals surface area (Å²) in [4.78, 5) is 16.7. The molecule has 0 saturated carbocycles. The van der Waals surface area contributed by atoms with Crippen molar-refractivity contribution in [2.45, 2.75) is 32.1 Å². The summed E-state index contributed by atoms with van der Waals surface area (Å²) in [5.74, 6) is 0.815. The van der Waals surface area contributed by atoms with Gasteiger partial charge < -0.3 is 24.5 Å². The number of benzene rings is 1. The van der Waals surface area contributed by atoms with Gasteiger partial charge >= 0.3 is 6.09 Å². The summed E-state index contributed by atoms with van der Waals surface area (Å²) in [6.07, 6.45) is -0.206. The monoisotopic (exact) mass is 362 g/mol. The van der Waals surface area contributed by atoms with Crippen LogP contribution in [0.3, 0.4) is 0 Å². The lowest BCUT2D eigenvalue weighted by Gasteiger charge is -2.34. The molecule has 1 aromatic carbocycles. The van der Waals surface area contributed by atoms with Crippen LogP contribution in [0.15, 0.2) is 18.2 Å². The van der Waals surface area contributed by atoms with Crippen molar-refractivity contribution in [3.8, 4) is 5.75 Å². The van der Waals surface area contributed by atoms with Crippen molar-refractivity contribution >= 4 is 30.4 Å². The predicted molar refractivity (Wildman–Crippen MR) is 101 cm³/mol. The molecular weight excluding hydrogens is 336 g/mol. The number of hydrogen-bond donors (Lipinski definition) is 2. The maximum Gasteiger partial charge on any atom is 0.407 e. The van der Waals surface area contributed by atoms with E-state index in [2.05, 4.69) is 30.7 Å². The molecular formula is C18H26N2O4Si. The van der Waals surface area contributed by atoms with Gasteiger partial charge in [-0.3, -0.25) is 0 Å². The molecule has 1 saturated heterocycles. The number of aromatic nitrogens is 1. The molecule has 2 aromatic rings. The predicted octanol–water partition coefficient (Wildman–Crippen LogP) is 2.64. The highest BCUT2D eigenvalue weighted by Crippen LogP contribution is 2.26. The number of nitrogens with zero attached hydrogens (tertiary/aromatic N) is 1. The van der Waals surface area contributed by atoms with Crippen molar-refractivity contribution in [2.24, 2.45) is 0 Å². The molecule has 1 amide bonds. The van der Waals surface area contributed by atoms with Gasteiger partial charge in [-0.1, -0.05) is 19.6 Å². The highest BCUT2D eigenvalue weighted by atomic mass is 28.3. The fourth-order valence-corrected chi connectivity index (χ4v) is 5.18. The van der Waals surface area contributed by atoms with Gasteiger partial charge in [0, 0.05) is 28.8 Å². The Kier molecular flexibility index (Phi) is 4.79. The first-order valence-corrected chi connectivity index (χ1v) is 12.1. The van der Waals surface area contributed by atoms with Crippen LogP contribution in [0.2, 0.25) is 19.6 Å². The van der Waals surface area contributed by atoms with Crippen LogP contribution in [-0.2, 0) is 11.2 Å². The molecule has 0 bridgehead atoms. The first kappa shape index (κ1) is 17.8. The van der Waals surface area contributed by atoms with E-state index in [1.54, 1.807) is 7.11 Å². The van der Waals surface area contributed by atoms with E-state index < -0.39 is 14.2 Å². The van der Waals surface area contributed by atoms with Crippen molar-refractivity contribution in [3.63, 3.8) is 0 Å². The molecule has 0 aliphatic carbocycles. The van der Waals surface area contributed by atoms with Crippen LogP contribution in [0.5, 0.6) is 5.75 Å². The van der Waals surface area contributed by atoms with E-state index in [-0.39, 0.29) is 6.04 Å². The Hall–Kier alpha value is -1.99. The van der Waals surface area contributed by atoms with E-state index in [0.29, 0.717) is 26.2 Å². The molecule has 136 valence electrons. The maximum atomic E-state index is 11.6. The Labute approximate surface area is 148 Å². The number of carbonyl (C=O) groups is 1. The molecule has 6 nitrogen and oxygen atoms in total. The number of hydrogen-bond acceptors (Lipinski definition) is 3. The van der Waals surface area contributed by atoms with Crippen LogP contribution >= 0.6 is 0 Å². The van der Waals surface area contributed by atoms with Crippen molar-refractivity contribution in [2.75, 3.05) is 26.9 Å². The van der Waals surface area contributed by atoms with Crippen molar-refractivity contribution in [1.82, 2.24) is 9.88 Å². The summed E-state index contributed by atoms with van der Waals surface area (Å²) in [6.45, 7) is 8.23. The third kappa shape index (κ3) is 3.52. The molecule has 2 heterocycles. The molecule has 0 spiro atoms. The number of methoxy groups -OCH3 is 1. The fourth-order valence-electron chi connectivity index (χ4n) is 3.53. The first-order chi connectivity index (χ1) is 11.8. The zero-order valence-corrected chi connectivity index (χ0v) is 16.3. The van der Waals surface area contributed by atoms with Crippen molar-refractivity contribution in [3.05, 3.63) is 23.8 Å². The molecule has 2 N–H and O–H groups in total. The number of amides is 1. The van der Waals surface area contributed by atoms with Crippen LogP contribution in [0.4, 0.5) is 4.79 Å². The largest absolute Gasteiger partial charge is 0.497 e. The standard InChI is InChI=1S/C18H26N2O4Si/c1-23-13-5-6-14-15(17(25(2,3)4)19-16(14)10-13)9-12-11-24-8-7-20(12)18(21)22/h5-6,10,12,19H,7-9,11H2,1-4H3,(H,21,22)/t12-/m0/s1. The highest BCUT2D eigenvalue weighted by Gasteiger charge is 2.31. The third-order valence-electron chi connectivity index (χ3n) is 4.78. The quantitative estimate of drug-likeness (QED) is 0.820. The van der Waals surface area contributed by atoms with Gasteiger partial charge in [-0.15, -0.1) is 0 Å². The van der Waals surface area contributed by atoms with Crippen molar-refractivity contribution < 1.29 is 19.4 Å². The topological polar surface area (TPSA) is 74.8 Å². The number of carboxylic acid groups (broad SMARTS) is 1. The van der Waals surface area contributed by atoms with Crippen LogP contribution in [0.1, 0.15) is 5.56 Å². The number of H-pyrrole nitrogens is 1. The van der Waals surface area contributed by atoms with E-state index in [0.717, 1.165) is 16.7 Å². The van der Waals surface area contributed by atoms with E-state index >= 15 is 0 Å². The average molecular weight is 363 g/mol. The Morgan fingerprint density at radius 3 is 2.84 bits per heavy atom. The Balaban J connectivity index is 2.05. The Morgan fingerprint density at radius 1 is 1.44 bits per heavy atom. The molecule has 3 rings (SSSR count). The van der Waals surface area contributed by atoms with E-state index in [1.165, 1.54) is 15.8 Å². The lowest BCUT2D eigenvalue weighted by Crippen LogP contribution is -2.50. The minimum Gasteiger partial charge on any atom is -0.497 e. The molecule has 25 heavy (non-hydrogen) atoms. The smallest absolute Gasteiger partial charge is 0.407 e. The number of ether oxygens (including phenoxy) is 2. The molecule has 1 atom stereocenters. The summed E-state index contributed by atoms with van der Waals surface area (Å²) in [7, 11) is 0.0358. The van der Waals surface area contributed by atoms with Crippen LogP contribution in [-0.4, -0.2) is 62.1 Å². The van der Waals surface area contributed by atoms with Crippen LogP contribution < -0.4 is 10.1 Å². The molecule has 0 unspecified atom stereocenters. The van der Waals surface area contributed by atoms with Crippen molar-refractivity contribution in [1.29, 1.82) is 0 Å². The lowest BCUT2D eigenvalue weighted by molar-refractivity contribution is 0.000443. The SMILES string of the molecule is COc1ccc2c(C[C@H]3COCCN3C(=O)O)c([Si](C)(C)C)[nH]c2c1. The van der Waals surface area contributed by atoms with Gasteiger partial charge in [-0.2, -0.15) is 0 Å². The maximum absolute atomic E-state index is 11.6. The molecule has 0 radical (unpaired) electrons. The van der Waals surface area contributed by atoms with Gasteiger partial charge in [-0.25, -0.2) is 4.79 Å². The molecule has 7 heteroatoms. The summed E-state index contributed by atoms with van der Waals surface area (Å²) in [5.41, 5.74) is 2.27. The third-order valence-corrected chi connectivity index (χ3v) is 6.70. The summed E-state index contributed by atoms with van der Waals surface area (Å²) in [6, 6.07) is 5.88. The zero-order chi connectivity index (χ0) is 18.2. The van der Waals surface area contributed by atoms with Gasteiger partial charge in [0.25, 0.3) is 0 Å². The number of morpholine rings is 1. The van der Waals surface area contributed by atoms with Crippen LogP contribution in [0.25, 0.3) is 10.9 Å². The second-order valence-electron chi connectivity index (χ2n) is 7.55. The number of aromatic amines is 1.